The highest BCUT2D eigenvalue weighted by molar-refractivity contribution is 5.85. The quantitative estimate of drug-likeness (QED) is 0.821. The average Bonchev–Trinajstić information content (AvgIpc) is 2.42. The lowest BCUT2D eigenvalue weighted by Gasteiger charge is -2.39. The second-order valence-corrected chi connectivity index (χ2v) is 6.86. The molecule has 0 unspecified atom stereocenters. The fourth-order valence-electron chi connectivity index (χ4n) is 3.22. The molecule has 19 heavy (non-hydrogen) atoms. The minimum Gasteiger partial charge on any atom is -0.368 e. The Morgan fingerprint density at radius 3 is 2.26 bits per heavy atom. The molecule has 4 nitrogen and oxygen atoms in total. The highest BCUT2D eigenvalue weighted by atomic mass is 16.5. The number of amides is 1. The van der Waals surface area contributed by atoms with Crippen LogP contribution in [0.3, 0.4) is 0 Å². The van der Waals surface area contributed by atoms with Crippen LogP contribution in [0.1, 0.15) is 52.4 Å². The number of ether oxygens (including phenoxy) is 1. The molecule has 1 amide bonds. The van der Waals surface area contributed by atoms with E-state index >= 15 is 0 Å². The monoisotopic (exact) mass is 268 g/mol. The van der Waals surface area contributed by atoms with E-state index in [1.807, 2.05) is 0 Å². The first-order valence-electron chi connectivity index (χ1n) is 7.54. The smallest absolute Gasteiger partial charge is 0.252 e. The lowest BCUT2D eigenvalue weighted by molar-refractivity contribution is -0.147. The van der Waals surface area contributed by atoms with Crippen LogP contribution in [-0.4, -0.2) is 37.7 Å². The van der Waals surface area contributed by atoms with Gasteiger partial charge in [0.25, 0.3) is 5.91 Å². The van der Waals surface area contributed by atoms with E-state index in [4.69, 9.17) is 4.74 Å². The summed E-state index contributed by atoms with van der Waals surface area (Å²) in [4.78, 5) is 12.5. The molecule has 0 bridgehead atoms. The van der Waals surface area contributed by atoms with Crippen LogP contribution in [0.15, 0.2) is 0 Å². The first kappa shape index (κ1) is 14.8. The van der Waals surface area contributed by atoms with Crippen molar-refractivity contribution in [2.75, 3.05) is 20.2 Å². The topological polar surface area (TPSA) is 50.4 Å². The molecule has 0 radical (unpaired) electrons. The Bertz CT molecular complexity index is 312. The van der Waals surface area contributed by atoms with E-state index in [1.165, 1.54) is 12.8 Å². The number of nitrogens with one attached hydrogen (secondary N) is 2. The van der Waals surface area contributed by atoms with Crippen molar-refractivity contribution in [1.29, 1.82) is 0 Å². The van der Waals surface area contributed by atoms with Crippen molar-refractivity contribution in [1.82, 2.24) is 10.6 Å². The fraction of sp³-hybridized carbons (Fsp3) is 0.933. The second kappa shape index (κ2) is 5.80. The molecule has 110 valence electrons. The summed E-state index contributed by atoms with van der Waals surface area (Å²) >= 11 is 0. The van der Waals surface area contributed by atoms with Gasteiger partial charge in [0.15, 0.2) is 0 Å². The lowest BCUT2D eigenvalue weighted by Crippen LogP contribution is -2.56. The molecule has 4 heteroatoms. The molecule has 0 spiro atoms. The van der Waals surface area contributed by atoms with Gasteiger partial charge in [0.05, 0.1) is 0 Å². The SMILES string of the molecule is COC1(C(=O)NC2CCC(C)(C)CC2)CCNCC1. The van der Waals surface area contributed by atoms with Crippen LogP contribution >= 0.6 is 0 Å². The molecule has 2 aliphatic rings. The number of methoxy groups -OCH3 is 1. The van der Waals surface area contributed by atoms with Crippen molar-refractivity contribution >= 4 is 5.91 Å². The van der Waals surface area contributed by atoms with Crippen molar-refractivity contribution < 1.29 is 9.53 Å². The first-order chi connectivity index (χ1) is 8.97. The number of hydrogen-bond donors (Lipinski definition) is 2. The number of hydrogen-bond acceptors (Lipinski definition) is 3. The van der Waals surface area contributed by atoms with E-state index in [2.05, 4.69) is 24.5 Å². The summed E-state index contributed by atoms with van der Waals surface area (Å²) in [6.07, 6.45) is 6.12. The summed E-state index contributed by atoms with van der Waals surface area (Å²) in [6.45, 7) is 6.35. The minimum atomic E-state index is -0.599. The summed E-state index contributed by atoms with van der Waals surface area (Å²) < 4.78 is 5.57. The van der Waals surface area contributed by atoms with Crippen LogP contribution in [0.5, 0.6) is 0 Å². The molecule has 1 saturated heterocycles. The predicted molar refractivity (Wildman–Crippen MR) is 76.0 cm³/mol. The minimum absolute atomic E-state index is 0.0983. The van der Waals surface area contributed by atoms with E-state index in [-0.39, 0.29) is 5.91 Å². The Labute approximate surface area is 116 Å². The van der Waals surface area contributed by atoms with E-state index in [0.717, 1.165) is 38.8 Å². The Morgan fingerprint density at radius 2 is 1.74 bits per heavy atom. The lowest BCUT2D eigenvalue weighted by atomic mass is 9.75. The summed E-state index contributed by atoms with van der Waals surface area (Å²) in [5.41, 5.74) is -0.160. The zero-order valence-corrected chi connectivity index (χ0v) is 12.6. The molecule has 1 heterocycles. The normalized spacial score (nSPS) is 26.9. The van der Waals surface area contributed by atoms with Crippen LogP contribution in [0.25, 0.3) is 0 Å². The maximum Gasteiger partial charge on any atom is 0.252 e. The van der Waals surface area contributed by atoms with Gasteiger partial charge in [-0.05, 0) is 57.0 Å². The molecule has 2 fully saturated rings. The number of rotatable bonds is 3. The Kier molecular flexibility index (Phi) is 4.51. The maximum atomic E-state index is 12.5. The van der Waals surface area contributed by atoms with Crippen LogP contribution in [0.4, 0.5) is 0 Å². The average molecular weight is 268 g/mol. The third-order valence-corrected chi connectivity index (χ3v) is 4.89. The largest absolute Gasteiger partial charge is 0.368 e. The zero-order chi connectivity index (χ0) is 13.9. The van der Waals surface area contributed by atoms with E-state index in [9.17, 15) is 4.79 Å². The summed E-state index contributed by atoms with van der Waals surface area (Å²) in [5.74, 6) is 0.0983. The molecule has 1 saturated carbocycles. The molecule has 0 aromatic rings. The van der Waals surface area contributed by atoms with Gasteiger partial charge < -0.3 is 15.4 Å². The van der Waals surface area contributed by atoms with Gasteiger partial charge in [0.2, 0.25) is 0 Å². The van der Waals surface area contributed by atoms with Gasteiger partial charge >= 0.3 is 0 Å². The van der Waals surface area contributed by atoms with E-state index in [1.54, 1.807) is 7.11 Å². The number of piperidine rings is 1. The zero-order valence-electron chi connectivity index (χ0n) is 12.6. The number of carbonyl (C=O) groups excluding carboxylic acids is 1. The molecule has 2 rings (SSSR count). The Hall–Kier alpha value is -0.610. The van der Waals surface area contributed by atoms with Crippen molar-refractivity contribution in [3.05, 3.63) is 0 Å². The molecule has 0 aromatic carbocycles. The van der Waals surface area contributed by atoms with Crippen molar-refractivity contribution in [2.45, 2.75) is 64.0 Å². The predicted octanol–water partition coefficient (Wildman–Crippen LogP) is 1.84. The van der Waals surface area contributed by atoms with Gasteiger partial charge in [0, 0.05) is 13.2 Å². The number of carbonyl (C=O) groups is 1. The van der Waals surface area contributed by atoms with Gasteiger partial charge in [-0.15, -0.1) is 0 Å². The Morgan fingerprint density at radius 1 is 1.16 bits per heavy atom. The van der Waals surface area contributed by atoms with Gasteiger partial charge in [-0.2, -0.15) is 0 Å². The standard InChI is InChI=1S/C15H28N2O2/c1-14(2)6-4-12(5-7-14)17-13(18)15(19-3)8-10-16-11-9-15/h12,16H,4-11H2,1-3H3,(H,17,18). The Balaban J connectivity index is 1.89. The summed E-state index contributed by atoms with van der Waals surface area (Å²) in [5, 5.41) is 6.51. The molecule has 1 aliphatic heterocycles. The second-order valence-electron chi connectivity index (χ2n) is 6.86. The highest BCUT2D eigenvalue weighted by Gasteiger charge is 2.41. The van der Waals surface area contributed by atoms with Gasteiger partial charge in [-0.25, -0.2) is 0 Å². The van der Waals surface area contributed by atoms with E-state index < -0.39 is 5.60 Å². The molecule has 0 atom stereocenters. The van der Waals surface area contributed by atoms with Gasteiger partial charge in [0.1, 0.15) is 5.60 Å². The maximum absolute atomic E-state index is 12.5. The van der Waals surface area contributed by atoms with Crippen LogP contribution in [-0.2, 0) is 9.53 Å². The molecular weight excluding hydrogens is 240 g/mol. The van der Waals surface area contributed by atoms with Gasteiger partial charge in [-0.1, -0.05) is 13.8 Å². The molecule has 1 aliphatic carbocycles. The third kappa shape index (κ3) is 3.48. The summed E-state index contributed by atoms with van der Waals surface area (Å²) in [7, 11) is 1.66. The fourth-order valence-corrected chi connectivity index (χ4v) is 3.22. The van der Waals surface area contributed by atoms with Crippen molar-refractivity contribution in [2.24, 2.45) is 5.41 Å². The van der Waals surface area contributed by atoms with E-state index in [0.29, 0.717) is 11.5 Å². The molecule has 2 N–H and O–H groups in total. The summed E-state index contributed by atoms with van der Waals surface area (Å²) in [6, 6.07) is 0.336. The van der Waals surface area contributed by atoms with Crippen LogP contribution in [0.2, 0.25) is 0 Å². The molecular formula is C15H28N2O2. The van der Waals surface area contributed by atoms with Gasteiger partial charge in [-0.3, -0.25) is 4.79 Å². The van der Waals surface area contributed by atoms with Crippen molar-refractivity contribution in [3.8, 4) is 0 Å². The molecule has 0 aromatic heterocycles. The highest BCUT2D eigenvalue weighted by Crippen LogP contribution is 2.35. The first-order valence-corrected chi connectivity index (χ1v) is 7.54. The third-order valence-electron chi connectivity index (χ3n) is 4.89. The van der Waals surface area contributed by atoms with Crippen molar-refractivity contribution in [3.63, 3.8) is 0 Å². The van der Waals surface area contributed by atoms with Crippen LogP contribution in [0, 0.1) is 5.41 Å². The van der Waals surface area contributed by atoms with Crippen LogP contribution < -0.4 is 10.6 Å².